The Morgan fingerprint density at radius 2 is 2.10 bits per heavy atom. The van der Waals surface area contributed by atoms with Gasteiger partial charge in [-0.05, 0) is 42.9 Å². The molecule has 0 aliphatic carbocycles. The molecule has 1 unspecified atom stereocenters. The molecule has 1 nitrogen and oxygen atoms in total. The molecule has 0 spiro atoms. The summed E-state index contributed by atoms with van der Waals surface area (Å²) in [5.74, 6) is 0.806. The molecule has 1 heterocycles. The molecule has 120 valence electrons. The lowest BCUT2D eigenvalue weighted by molar-refractivity contribution is 0.110. The van der Waals surface area contributed by atoms with Gasteiger partial charge in [0.2, 0.25) is 0 Å². The molecule has 1 aliphatic rings. The Bertz CT molecular complexity index is 395. The first-order valence-corrected chi connectivity index (χ1v) is 8.39. The van der Waals surface area contributed by atoms with Crippen molar-refractivity contribution in [3.8, 4) is 0 Å². The van der Waals surface area contributed by atoms with Gasteiger partial charge in [0.05, 0.1) is 6.10 Å². The third-order valence-electron chi connectivity index (χ3n) is 3.82. The summed E-state index contributed by atoms with van der Waals surface area (Å²) in [6.07, 6.45) is 7.26. The molecule has 21 heavy (non-hydrogen) atoms. The highest BCUT2D eigenvalue weighted by Gasteiger charge is 2.17. The van der Waals surface area contributed by atoms with E-state index in [1.807, 2.05) is 19.1 Å². The van der Waals surface area contributed by atoms with Crippen molar-refractivity contribution in [2.45, 2.75) is 72.3 Å². The summed E-state index contributed by atoms with van der Waals surface area (Å²) in [4.78, 5) is 0. The SMILES string of the molecule is CCCCC(C)C.Cc1ccc(CC2CCCO2)c(F)c1. The van der Waals surface area contributed by atoms with Gasteiger partial charge in [-0.3, -0.25) is 0 Å². The van der Waals surface area contributed by atoms with Crippen LogP contribution in [-0.2, 0) is 11.2 Å². The zero-order valence-corrected chi connectivity index (χ0v) is 14.1. The number of ether oxygens (including phenoxy) is 1. The third-order valence-corrected chi connectivity index (χ3v) is 3.82. The van der Waals surface area contributed by atoms with E-state index in [1.165, 1.54) is 19.3 Å². The van der Waals surface area contributed by atoms with Crippen molar-refractivity contribution in [2.24, 2.45) is 5.92 Å². The van der Waals surface area contributed by atoms with E-state index in [0.717, 1.165) is 36.5 Å². The van der Waals surface area contributed by atoms with Crippen molar-refractivity contribution < 1.29 is 9.13 Å². The number of unbranched alkanes of at least 4 members (excludes halogenated alkanes) is 1. The monoisotopic (exact) mass is 294 g/mol. The maximum absolute atomic E-state index is 13.4. The summed E-state index contributed by atoms with van der Waals surface area (Å²) >= 11 is 0. The smallest absolute Gasteiger partial charge is 0.126 e. The number of benzene rings is 1. The number of rotatable bonds is 5. The minimum absolute atomic E-state index is 0.0968. The number of aryl methyl sites for hydroxylation is 1. The number of hydrogen-bond acceptors (Lipinski definition) is 1. The minimum Gasteiger partial charge on any atom is -0.378 e. The van der Waals surface area contributed by atoms with Crippen LogP contribution in [0, 0.1) is 18.7 Å². The molecule has 1 aliphatic heterocycles. The van der Waals surface area contributed by atoms with E-state index < -0.39 is 0 Å². The molecular weight excluding hydrogens is 263 g/mol. The normalized spacial score (nSPS) is 17.7. The zero-order chi connectivity index (χ0) is 15.7. The maximum Gasteiger partial charge on any atom is 0.126 e. The second-order valence-corrected chi connectivity index (χ2v) is 6.47. The van der Waals surface area contributed by atoms with E-state index in [2.05, 4.69) is 20.8 Å². The van der Waals surface area contributed by atoms with Crippen molar-refractivity contribution in [1.82, 2.24) is 0 Å². The summed E-state index contributed by atoms with van der Waals surface area (Å²) in [5, 5.41) is 0. The number of hydrogen-bond donors (Lipinski definition) is 0. The molecule has 0 radical (unpaired) electrons. The second kappa shape index (κ2) is 9.94. The Morgan fingerprint density at radius 3 is 2.57 bits per heavy atom. The molecule has 0 aromatic heterocycles. The molecule has 2 heteroatoms. The van der Waals surface area contributed by atoms with E-state index >= 15 is 0 Å². The lowest BCUT2D eigenvalue weighted by Crippen LogP contribution is -2.10. The highest BCUT2D eigenvalue weighted by Crippen LogP contribution is 2.19. The van der Waals surface area contributed by atoms with Crippen molar-refractivity contribution in [3.05, 3.63) is 35.1 Å². The molecule has 1 saturated heterocycles. The van der Waals surface area contributed by atoms with Gasteiger partial charge in [-0.1, -0.05) is 52.2 Å². The van der Waals surface area contributed by atoms with Gasteiger partial charge in [-0.2, -0.15) is 0 Å². The predicted molar refractivity (Wildman–Crippen MR) is 88.2 cm³/mol. The average molecular weight is 294 g/mol. The summed E-state index contributed by atoms with van der Waals surface area (Å²) in [6.45, 7) is 9.52. The second-order valence-electron chi connectivity index (χ2n) is 6.47. The topological polar surface area (TPSA) is 9.23 Å². The fourth-order valence-corrected chi connectivity index (χ4v) is 2.48. The Hall–Kier alpha value is -0.890. The summed E-state index contributed by atoms with van der Waals surface area (Å²) < 4.78 is 18.9. The highest BCUT2D eigenvalue weighted by atomic mass is 19.1. The van der Waals surface area contributed by atoms with Crippen molar-refractivity contribution in [2.75, 3.05) is 6.61 Å². The Labute approximate surface area is 129 Å². The van der Waals surface area contributed by atoms with Crippen LogP contribution in [0.1, 0.15) is 64.0 Å². The molecule has 2 rings (SSSR count). The molecule has 0 saturated carbocycles. The van der Waals surface area contributed by atoms with Crippen LogP contribution in [0.15, 0.2) is 18.2 Å². The van der Waals surface area contributed by atoms with Crippen LogP contribution in [0.2, 0.25) is 0 Å². The minimum atomic E-state index is -0.0968. The third kappa shape index (κ3) is 7.61. The lowest BCUT2D eigenvalue weighted by Gasteiger charge is -2.10. The van der Waals surface area contributed by atoms with E-state index in [-0.39, 0.29) is 11.9 Å². The molecule has 1 aromatic carbocycles. The first-order chi connectivity index (χ1) is 10.0. The summed E-state index contributed by atoms with van der Waals surface area (Å²) in [5.41, 5.74) is 1.75. The Morgan fingerprint density at radius 1 is 1.33 bits per heavy atom. The fourth-order valence-electron chi connectivity index (χ4n) is 2.48. The van der Waals surface area contributed by atoms with Crippen LogP contribution in [0.3, 0.4) is 0 Å². The van der Waals surface area contributed by atoms with Crippen molar-refractivity contribution in [1.29, 1.82) is 0 Å². The molecule has 1 fully saturated rings. The van der Waals surface area contributed by atoms with Gasteiger partial charge < -0.3 is 4.74 Å². The van der Waals surface area contributed by atoms with E-state index in [1.54, 1.807) is 6.07 Å². The average Bonchev–Trinajstić information content (AvgIpc) is 2.93. The van der Waals surface area contributed by atoms with Crippen LogP contribution in [0.25, 0.3) is 0 Å². The highest BCUT2D eigenvalue weighted by molar-refractivity contribution is 5.24. The Balaban J connectivity index is 0.000000270. The predicted octanol–water partition coefficient (Wildman–Crippen LogP) is 5.69. The molecular formula is C19H31FO. The van der Waals surface area contributed by atoms with E-state index in [0.29, 0.717) is 6.42 Å². The van der Waals surface area contributed by atoms with Gasteiger partial charge in [0.1, 0.15) is 5.82 Å². The lowest BCUT2D eigenvalue weighted by atomic mass is 10.0. The van der Waals surface area contributed by atoms with Crippen LogP contribution >= 0.6 is 0 Å². The van der Waals surface area contributed by atoms with Gasteiger partial charge in [0.25, 0.3) is 0 Å². The Kier molecular flexibility index (Phi) is 8.60. The maximum atomic E-state index is 13.4. The van der Waals surface area contributed by atoms with Gasteiger partial charge >= 0.3 is 0 Å². The number of halogens is 1. The quantitative estimate of drug-likeness (QED) is 0.678. The van der Waals surface area contributed by atoms with Gasteiger partial charge in [0.15, 0.2) is 0 Å². The summed E-state index contributed by atoms with van der Waals surface area (Å²) in [6, 6.07) is 5.41. The molecule has 0 N–H and O–H groups in total. The standard InChI is InChI=1S/C12H15FO.C7H16/c1-9-4-5-10(12(13)7-9)8-11-3-2-6-14-11;1-4-5-6-7(2)3/h4-5,7,11H,2-3,6,8H2,1H3;7H,4-6H2,1-3H3. The van der Waals surface area contributed by atoms with Gasteiger partial charge in [-0.25, -0.2) is 4.39 Å². The van der Waals surface area contributed by atoms with Gasteiger partial charge in [-0.15, -0.1) is 0 Å². The van der Waals surface area contributed by atoms with Gasteiger partial charge in [0, 0.05) is 13.0 Å². The van der Waals surface area contributed by atoms with Crippen LogP contribution in [0.4, 0.5) is 4.39 Å². The fraction of sp³-hybridized carbons (Fsp3) is 0.684. The van der Waals surface area contributed by atoms with E-state index in [4.69, 9.17) is 4.74 Å². The molecule has 1 aromatic rings. The van der Waals surface area contributed by atoms with Crippen LogP contribution < -0.4 is 0 Å². The largest absolute Gasteiger partial charge is 0.378 e. The van der Waals surface area contributed by atoms with E-state index in [9.17, 15) is 4.39 Å². The molecule has 0 bridgehead atoms. The summed E-state index contributed by atoms with van der Waals surface area (Å²) in [7, 11) is 0. The van der Waals surface area contributed by atoms with Crippen LogP contribution in [-0.4, -0.2) is 12.7 Å². The first kappa shape index (κ1) is 18.2. The van der Waals surface area contributed by atoms with Crippen molar-refractivity contribution >= 4 is 0 Å². The molecule has 1 atom stereocenters. The van der Waals surface area contributed by atoms with Crippen LogP contribution in [0.5, 0.6) is 0 Å². The zero-order valence-electron chi connectivity index (χ0n) is 14.1. The molecule has 0 amide bonds. The van der Waals surface area contributed by atoms with Crippen molar-refractivity contribution in [3.63, 3.8) is 0 Å². The first-order valence-electron chi connectivity index (χ1n) is 8.39.